The van der Waals surface area contributed by atoms with Crippen molar-refractivity contribution in [1.82, 2.24) is 5.43 Å². The molecule has 0 radical (unpaired) electrons. The highest BCUT2D eigenvalue weighted by molar-refractivity contribution is 6.39. The molecule has 3 aromatic carbocycles. The van der Waals surface area contributed by atoms with E-state index in [0.29, 0.717) is 27.0 Å². The summed E-state index contributed by atoms with van der Waals surface area (Å²) in [6, 6.07) is 17.9. The Morgan fingerprint density at radius 2 is 1.75 bits per heavy atom. The summed E-state index contributed by atoms with van der Waals surface area (Å²) in [5.74, 6) is -1.20. The van der Waals surface area contributed by atoms with Crippen molar-refractivity contribution < 1.29 is 14.3 Å². The van der Waals surface area contributed by atoms with E-state index in [0.717, 1.165) is 16.7 Å². The Balaban J connectivity index is 1.55. The summed E-state index contributed by atoms with van der Waals surface area (Å²) < 4.78 is 5.72. The Morgan fingerprint density at radius 1 is 0.969 bits per heavy atom. The zero-order valence-corrected chi connectivity index (χ0v) is 19.0. The third kappa shape index (κ3) is 6.09. The van der Waals surface area contributed by atoms with Gasteiger partial charge < -0.3 is 10.1 Å². The van der Waals surface area contributed by atoms with E-state index in [-0.39, 0.29) is 6.61 Å². The number of anilines is 1. The van der Waals surface area contributed by atoms with Crippen molar-refractivity contribution in [3.05, 3.63) is 93.0 Å². The van der Waals surface area contributed by atoms with Crippen molar-refractivity contribution in [3.8, 4) is 5.75 Å². The van der Waals surface area contributed by atoms with Crippen molar-refractivity contribution in [2.75, 3.05) is 5.32 Å². The molecule has 0 aliphatic rings. The second-order valence-electron chi connectivity index (χ2n) is 6.97. The highest BCUT2D eigenvalue weighted by atomic mass is 35.5. The van der Waals surface area contributed by atoms with E-state index < -0.39 is 11.8 Å². The zero-order valence-electron chi connectivity index (χ0n) is 17.5. The van der Waals surface area contributed by atoms with Gasteiger partial charge in [-0.05, 0) is 60.9 Å². The third-order valence-electron chi connectivity index (χ3n) is 4.74. The molecular weight excluding hydrogens is 449 g/mol. The summed E-state index contributed by atoms with van der Waals surface area (Å²) in [5.41, 5.74) is 6.15. The molecule has 0 fully saturated rings. The van der Waals surface area contributed by atoms with Crippen LogP contribution in [0.3, 0.4) is 0 Å². The van der Waals surface area contributed by atoms with Gasteiger partial charge in [-0.1, -0.05) is 53.5 Å². The van der Waals surface area contributed by atoms with Gasteiger partial charge in [0, 0.05) is 16.3 Å². The number of rotatable bonds is 6. The van der Waals surface area contributed by atoms with Gasteiger partial charge in [0.15, 0.2) is 0 Å². The molecule has 32 heavy (non-hydrogen) atoms. The molecule has 164 valence electrons. The molecule has 2 amide bonds. The molecule has 3 aromatic rings. The van der Waals surface area contributed by atoms with Gasteiger partial charge in [0.1, 0.15) is 12.4 Å². The molecule has 0 aliphatic carbocycles. The van der Waals surface area contributed by atoms with Crippen LogP contribution in [0.25, 0.3) is 0 Å². The largest absolute Gasteiger partial charge is 0.487 e. The fraction of sp³-hybridized carbons (Fsp3) is 0.125. The molecule has 0 saturated carbocycles. The molecule has 0 bridgehead atoms. The zero-order chi connectivity index (χ0) is 23.1. The van der Waals surface area contributed by atoms with Crippen LogP contribution in [0.5, 0.6) is 5.75 Å². The van der Waals surface area contributed by atoms with Crippen LogP contribution in [-0.4, -0.2) is 18.0 Å². The lowest BCUT2D eigenvalue weighted by atomic mass is 10.1. The average molecular weight is 470 g/mol. The first-order chi connectivity index (χ1) is 15.3. The van der Waals surface area contributed by atoms with E-state index in [1.54, 1.807) is 36.4 Å². The predicted octanol–water partition coefficient (Wildman–Crippen LogP) is 5.28. The molecule has 0 aromatic heterocycles. The van der Waals surface area contributed by atoms with Gasteiger partial charge in [-0.15, -0.1) is 0 Å². The minimum absolute atomic E-state index is 0.276. The number of carbonyl (C=O) groups excluding carboxylic acids is 2. The number of ether oxygens (including phenoxy) is 1. The second-order valence-corrected chi connectivity index (χ2v) is 7.79. The first kappa shape index (κ1) is 23.3. The fourth-order valence-corrected chi connectivity index (χ4v) is 3.20. The molecule has 0 spiro atoms. The fourth-order valence-electron chi connectivity index (χ4n) is 2.77. The number of amides is 2. The van der Waals surface area contributed by atoms with Crippen LogP contribution in [0.2, 0.25) is 10.0 Å². The van der Waals surface area contributed by atoms with Crippen LogP contribution in [-0.2, 0) is 16.2 Å². The van der Waals surface area contributed by atoms with E-state index in [9.17, 15) is 9.59 Å². The topological polar surface area (TPSA) is 79.8 Å². The summed E-state index contributed by atoms with van der Waals surface area (Å²) in [4.78, 5) is 24.1. The first-order valence-corrected chi connectivity index (χ1v) is 10.5. The van der Waals surface area contributed by atoms with Crippen LogP contribution in [0.1, 0.15) is 22.3 Å². The van der Waals surface area contributed by atoms with Gasteiger partial charge in [-0.3, -0.25) is 9.59 Å². The first-order valence-electron chi connectivity index (χ1n) is 9.71. The Kier molecular flexibility index (Phi) is 7.87. The summed E-state index contributed by atoms with van der Waals surface area (Å²) in [5, 5.41) is 7.38. The number of carbonyl (C=O) groups is 2. The van der Waals surface area contributed by atoms with Crippen molar-refractivity contribution in [1.29, 1.82) is 0 Å². The normalized spacial score (nSPS) is 10.8. The number of nitrogens with zero attached hydrogens (tertiary/aromatic N) is 1. The van der Waals surface area contributed by atoms with Crippen LogP contribution in [0.15, 0.2) is 65.8 Å². The van der Waals surface area contributed by atoms with Gasteiger partial charge in [0.2, 0.25) is 0 Å². The molecule has 2 N–H and O–H groups in total. The molecule has 0 atom stereocenters. The highest BCUT2D eigenvalue weighted by Crippen LogP contribution is 2.27. The maximum Gasteiger partial charge on any atom is 0.329 e. The Morgan fingerprint density at radius 3 is 2.50 bits per heavy atom. The van der Waals surface area contributed by atoms with Crippen molar-refractivity contribution in [2.24, 2.45) is 5.10 Å². The second kappa shape index (κ2) is 10.8. The van der Waals surface area contributed by atoms with E-state index in [2.05, 4.69) is 15.8 Å². The summed E-state index contributed by atoms with van der Waals surface area (Å²) in [7, 11) is 0. The Hall–Kier alpha value is -3.35. The van der Waals surface area contributed by atoms with Gasteiger partial charge in [-0.25, -0.2) is 5.43 Å². The predicted molar refractivity (Wildman–Crippen MR) is 128 cm³/mol. The molecule has 8 heteroatoms. The van der Waals surface area contributed by atoms with Gasteiger partial charge >= 0.3 is 11.8 Å². The van der Waals surface area contributed by atoms with Crippen LogP contribution < -0.4 is 15.5 Å². The van der Waals surface area contributed by atoms with Crippen LogP contribution >= 0.6 is 23.2 Å². The number of benzene rings is 3. The Bertz CT molecular complexity index is 1180. The number of halogens is 2. The van der Waals surface area contributed by atoms with Crippen molar-refractivity contribution >= 4 is 46.9 Å². The number of hydrazone groups is 1. The van der Waals surface area contributed by atoms with Crippen LogP contribution in [0.4, 0.5) is 5.69 Å². The number of aryl methyl sites for hydroxylation is 1. The number of nitrogens with one attached hydrogen (secondary N) is 2. The van der Waals surface area contributed by atoms with Crippen molar-refractivity contribution in [2.45, 2.75) is 20.5 Å². The Labute approximate surface area is 196 Å². The molecule has 3 rings (SSSR count). The minimum Gasteiger partial charge on any atom is -0.487 e. The lowest BCUT2D eigenvalue weighted by Crippen LogP contribution is -2.32. The van der Waals surface area contributed by atoms with E-state index in [4.69, 9.17) is 27.9 Å². The monoisotopic (exact) mass is 469 g/mol. The number of hydrogen-bond acceptors (Lipinski definition) is 4. The molecule has 0 saturated heterocycles. The molecule has 6 nitrogen and oxygen atoms in total. The maximum atomic E-state index is 12.1. The van der Waals surface area contributed by atoms with E-state index in [1.807, 2.05) is 38.1 Å². The van der Waals surface area contributed by atoms with Gasteiger partial charge in [0.05, 0.1) is 11.2 Å². The van der Waals surface area contributed by atoms with E-state index >= 15 is 0 Å². The minimum atomic E-state index is -0.882. The summed E-state index contributed by atoms with van der Waals surface area (Å²) in [6.45, 7) is 4.07. The van der Waals surface area contributed by atoms with Crippen molar-refractivity contribution in [3.63, 3.8) is 0 Å². The number of hydrogen-bond donors (Lipinski definition) is 2. The lowest BCUT2D eigenvalue weighted by Gasteiger charge is -2.10. The molecular formula is C24H21Cl2N3O3. The smallest absolute Gasteiger partial charge is 0.329 e. The average Bonchev–Trinajstić information content (AvgIpc) is 2.77. The SMILES string of the molecule is Cc1cccc(NC(=O)C(=O)N/N=C\c2ccc(OCc3ccccc3Cl)c(Cl)c2)c1C. The quantitative estimate of drug-likeness (QED) is 0.292. The van der Waals surface area contributed by atoms with Crippen LogP contribution in [0, 0.1) is 13.8 Å². The lowest BCUT2D eigenvalue weighted by molar-refractivity contribution is -0.136. The summed E-state index contributed by atoms with van der Waals surface area (Å²) in [6.07, 6.45) is 1.38. The van der Waals surface area contributed by atoms with E-state index in [1.165, 1.54) is 6.21 Å². The molecule has 0 heterocycles. The van der Waals surface area contributed by atoms with Gasteiger partial charge in [-0.2, -0.15) is 5.10 Å². The third-order valence-corrected chi connectivity index (χ3v) is 5.40. The highest BCUT2D eigenvalue weighted by Gasteiger charge is 2.14. The standard InChI is InChI=1S/C24H21Cl2N3O3/c1-15-6-5-9-21(16(15)2)28-23(30)24(31)29-27-13-17-10-11-22(20(26)12-17)32-14-18-7-3-4-8-19(18)25/h3-13H,14H2,1-2H3,(H,28,30)(H,29,31)/b27-13-. The summed E-state index contributed by atoms with van der Waals surface area (Å²) >= 11 is 12.4. The molecule has 0 unspecified atom stereocenters. The molecule has 0 aliphatic heterocycles. The maximum absolute atomic E-state index is 12.1. The van der Waals surface area contributed by atoms with Gasteiger partial charge in [0.25, 0.3) is 0 Å².